The molecule has 0 bridgehead atoms. The number of H-pyrrole nitrogens is 1. The quantitative estimate of drug-likeness (QED) is 0.713. The number of amides is 2. The van der Waals surface area contributed by atoms with Crippen LogP contribution in [0.1, 0.15) is 19.8 Å². The van der Waals surface area contributed by atoms with Crippen molar-refractivity contribution in [2.24, 2.45) is 0 Å². The van der Waals surface area contributed by atoms with Crippen molar-refractivity contribution in [1.29, 1.82) is 0 Å². The number of likely N-dealkylation sites (tertiary alicyclic amines) is 1. The number of aromatic amines is 1. The van der Waals surface area contributed by atoms with Gasteiger partial charge in [-0.05, 0) is 38.1 Å². The SMILES string of the molecule is CCN1CCCC1CNC(=O)C(=O)Nc1[nH]nc2ncccc12. The summed E-state index contributed by atoms with van der Waals surface area (Å²) in [6.45, 7) is 4.60. The topological polar surface area (TPSA) is 103 Å². The van der Waals surface area contributed by atoms with Crippen LogP contribution in [0.4, 0.5) is 5.82 Å². The average Bonchev–Trinajstić information content (AvgIpc) is 3.19. The summed E-state index contributed by atoms with van der Waals surface area (Å²) >= 11 is 0. The molecule has 1 atom stereocenters. The van der Waals surface area contributed by atoms with Crippen LogP contribution in [0.5, 0.6) is 0 Å². The first-order valence-electron chi connectivity index (χ1n) is 7.81. The van der Waals surface area contributed by atoms with E-state index in [0.717, 1.165) is 25.9 Å². The molecule has 0 radical (unpaired) electrons. The van der Waals surface area contributed by atoms with Gasteiger partial charge in [-0.25, -0.2) is 4.98 Å². The lowest BCUT2D eigenvalue weighted by molar-refractivity contribution is -0.136. The number of fused-ring (bicyclic) bond motifs is 1. The Balaban J connectivity index is 1.56. The molecule has 0 aliphatic carbocycles. The lowest BCUT2D eigenvalue weighted by Gasteiger charge is -2.22. The molecule has 1 aliphatic heterocycles. The van der Waals surface area contributed by atoms with Crippen molar-refractivity contribution in [3.8, 4) is 0 Å². The van der Waals surface area contributed by atoms with Crippen LogP contribution >= 0.6 is 0 Å². The van der Waals surface area contributed by atoms with E-state index >= 15 is 0 Å². The van der Waals surface area contributed by atoms with Gasteiger partial charge in [0.2, 0.25) is 0 Å². The molecule has 1 saturated heterocycles. The summed E-state index contributed by atoms with van der Waals surface area (Å²) in [5.74, 6) is -0.968. The fraction of sp³-hybridized carbons (Fsp3) is 0.467. The molecule has 0 spiro atoms. The molecule has 8 nitrogen and oxygen atoms in total. The molecule has 23 heavy (non-hydrogen) atoms. The third kappa shape index (κ3) is 3.31. The Morgan fingerprint density at radius 3 is 3.13 bits per heavy atom. The number of carbonyl (C=O) groups is 2. The van der Waals surface area contributed by atoms with E-state index in [1.807, 2.05) is 0 Å². The molecule has 122 valence electrons. The van der Waals surface area contributed by atoms with Crippen molar-refractivity contribution in [3.63, 3.8) is 0 Å². The Morgan fingerprint density at radius 1 is 1.43 bits per heavy atom. The summed E-state index contributed by atoms with van der Waals surface area (Å²) in [5.41, 5.74) is 0.493. The molecule has 8 heteroatoms. The van der Waals surface area contributed by atoms with Gasteiger partial charge in [-0.15, -0.1) is 0 Å². The van der Waals surface area contributed by atoms with Crippen LogP contribution in [-0.2, 0) is 9.59 Å². The summed E-state index contributed by atoms with van der Waals surface area (Å²) in [6, 6.07) is 3.83. The van der Waals surface area contributed by atoms with Gasteiger partial charge < -0.3 is 10.6 Å². The molecular formula is C15H20N6O2. The highest BCUT2D eigenvalue weighted by Gasteiger charge is 2.24. The second-order valence-corrected chi connectivity index (χ2v) is 5.56. The molecule has 0 saturated carbocycles. The van der Waals surface area contributed by atoms with Gasteiger partial charge in [-0.1, -0.05) is 6.92 Å². The third-order valence-corrected chi connectivity index (χ3v) is 4.18. The monoisotopic (exact) mass is 316 g/mol. The van der Waals surface area contributed by atoms with Gasteiger partial charge in [0.05, 0.1) is 5.39 Å². The molecular weight excluding hydrogens is 296 g/mol. The summed E-state index contributed by atoms with van der Waals surface area (Å²) in [7, 11) is 0. The van der Waals surface area contributed by atoms with Crippen LogP contribution in [0.15, 0.2) is 18.3 Å². The van der Waals surface area contributed by atoms with E-state index in [1.54, 1.807) is 18.3 Å². The second-order valence-electron chi connectivity index (χ2n) is 5.56. The number of anilines is 1. The van der Waals surface area contributed by atoms with Crippen LogP contribution in [0.3, 0.4) is 0 Å². The minimum absolute atomic E-state index is 0.314. The van der Waals surface area contributed by atoms with Crippen LogP contribution in [-0.4, -0.2) is 57.6 Å². The lowest BCUT2D eigenvalue weighted by atomic mass is 10.2. The minimum atomic E-state index is -0.708. The highest BCUT2D eigenvalue weighted by atomic mass is 16.2. The third-order valence-electron chi connectivity index (χ3n) is 4.18. The Bertz CT molecular complexity index is 713. The van der Waals surface area contributed by atoms with Gasteiger partial charge in [-0.2, -0.15) is 5.10 Å². The molecule has 1 fully saturated rings. The van der Waals surface area contributed by atoms with Gasteiger partial charge >= 0.3 is 11.8 Å². The average molecular weight is 316 g/mol. The van der Waals surface area contributed by atoms with Crippen molar-refractivity contribution >= 4 is 28.7 Å². The number of nitrogens with zero attached hydrogens (tertiary/aromatic N) is 3. The zero-order valence-electron chi connectivity index (χ0n) is 13.0. The standard InChI is InChI=1S/C15H20N6O2/c1-2-21-8-4-5-10(21)9-17-14(22)15(23)18-13-11-6-3-7-16-12(11)19-20-13/h3,6-7,10H,2,4-5,8-9H2,1H3,(H,17,22)(H2,16,18,19,20,23). The van der Waals surface area contributed by atoms with Crippen LogP contribution in [0.25, 0.3) is 11.0 Å². The van der Waals surface area contributed by atoms with Gasteiger partial charge in [0.25, 0.3) is 0 Å². The van der Waals surface area contributed by atoms with Crippen LogP contribution in [0.2, 0.25) is 0 Å². The molecule has 0 aromatic carbocycles. The Morgan fingerprint density at radius 2 is 2.30 bits per heavy atom. The maximum absolute atomic E-state index is 12.0. The van der Waals surface area contributed by atoms with Crippen molar-refractivity contribution in [2.45, 2.75) is 25.8 Å². The Hall–Kier alpha value is -2.48. The number of pyridine rings is 1. The van der Waals surface area contributed by atoms with Crippen LogP contribution < -0.4 is 10.6 Å². The van der Waals surface area contributed by atoms with Gasteiger partial charge in [0, 0.05) is 18.8 Å². The molecule has 1 aliphatic rings. The minimum Gasteiger partial charge on any atom is -0.346 e. The van der Waals surface area contributed by atoms with Crippen molar-refractivity contribution < 1.29 is 9.59 Å². The molecule has 2 aromatic heterocycles. The van der Waals surface area contributed by atoms with Gasteiger partial charge in [-0.3, -0.25) is 19.6 Å². The van der Waals surface area contributed by atoms with E-state index in [4.69, 9.17) is 0 Å². The number of hydrogen-bond acceptors (Lipinski definition) is 5. The summed E-state index contributed by atoms with van der Waals surface area (Å²) in [5, 5.41) is 12.6. The number of hydrogen-bond donors (Lipinski definition) is 3. The predicted octanol–water partition coefficient (Wildman–Crippen LogP) is 0.497. The first-order chi connectivity index (χ1) is 11.2. The van der Waals surface area contributed by atoms with E-state index in [-0.39, 0.29) is 0 Å². The summed E-state index contributed by atoms with van der Waals surface area (Å²) in [6.07, 6.45) is 3.79. The van der Waals surface area contributed by atoms with Crippen molar-refractivity contribution in [1.82, 2.24) is 25.4 Å². The summed E-state index contributed by atoms with van der Waals surface area (Å²) < 4.78 is 0. The maximum Gasteiger partial charge on any atom is 0.314 e. The molecule has 3 heterocycles. The largest absolute Gasteiger partial charge is 0.346 e. The van der Waals surface area contributed by atoms with Gasteiger partial charge in [0.1, 0.15) is 5.82 Å². The zero-order valence-corrected chi connectivity index (χ0v) is 13.0. The first kappa shape index (κ1) is 15.4. The summed E-state index contributed by atoms with van der Waals surface area (Å²) in [4.78, 5) is 30.3. The normalized spacial score (nSPS) is 18.2. The fourth-order valence-corrected chi connectivity index (χ4v) is 2.95. The molecule has 2 aromatic rings. The molecule has 2 amide bonds. The number of carbonyl (C=O) groups excluding carboxylic acids is 2. The highest BCUT2D eigenvalue weighted by molar-refractivity contribution is 6.40. The Labute approximate surface area is 133 Å². The number of rotatable bonds is 4. The lowest BCUT2D eigenvalue weighted by Crippen LogP contribution is -2.43. The van der Waals surface area contributed by atoms with Crippen LogP contribution in [0, 0.1) is 0 Å². The number of likely N-dealkylation sites (N-methyl/N-ethyl adjacent to an activating group) is 1. The van der Waals surface area contributed by atoms with Crippen molar-refractivity contribution in [3.05, 3.63) is 18.3 Å². The molecule has 3 rings (SSSR count). The zero-order chi connectivity index (χ0) is 16.2. The predicted molar refractivity (Wildman–Crippen MR) is 85.8 cm³/mol. The van der Waals surface area contributed by atoms with Crippen molar-refractivity contribution in [2.75, 3.05) is 25.0 Å². The molecule has 3 N–H and O–H groups in total. The maximum atomic E-state index is 12.0. The van der Waals surface area contributed by atoms with E-state index in [9.17, 15) is 9.59 Å². The fourth-order valence-electron chi connectivity index (χ4n) is 2.95. The van der Waals surface area contributed by atoms with E-state index < -0.39 is 11.8 Å². The number of nitrogens with one attached hydrogen (secondary N) is 3. The van der Waals surface area contributed by atoms with E-state index in [0.29, 0.717) is 29.4 Å². The molecule has 1 unspecified atom stereocenters. The van der Waals surface area contributed by atoms with E-state index in [1.165, 1.54) is 0 Å². The smallest absolute Gasteiger partial charge is 0.314 e. The highest BCUT2D eigenvalue weighted by Crippen LogP contribution is 2.17. The Kier molecular flexibility index (Phi) is 4.52. The van der Waals surface area contributed by atoms with E-state index in [2.05, 4.69) is 37.6 Å². The van der Waals surface area contributed by atoms with Gasteiger partial charge in [0.15, 0.2) is 5.65 Å². The number of aromatic nitrogens is 3. The first-order valence-corrected chi connectivity index (χ1v) is 7.81. The second kappa shape index (κ2) is 6.74.